The van der Waals surface area contributed by atoms with E-state index in [1.807, 2.05) is 19.1 Å². The highest BCUT2D eigenvalue weighted by molar-refractivity contribution is 6.31. The number of benzene rings is 2. The fourth-order valence-electron chi connectivity index (χ4n) is 2.01. The number of methoxy groups -OCH3 is 2. The summed E-state index contributed by atoms with van der Waals surface area (Å²) < 4.78 is 10.3. The highest BCUT2D eigenvalue weighted by Gasteiger charge is 2.08. The first-order chi connectivity index (χ1) is 10.0. The molecule has 2 rings (SSSR count). The second-order valence-electron chi connectivity index (χ2n) is 4.66. The number of halogens is 1. The van der Waals surface area contributed by atoms with Crippen molar-refractivity contribution in [2.45, 2.75) is 13.5 Å². The molecule has 2 N–H and O–H groups in total. The van der Waals surface area contributed by atoms with Crippen molar-refractivity contribution in [2.24, 2.45) is 0 Å². The molecule has 2 aromatic carbocycles. The van der Waals surface area contributed by atoms with Gasteiger partial charge in [-0.1, -0.05) is 17.7 Å². The average Bonchev–Trinajstić information content (AvgIpc) is 2.48. The Bertz CT molecular complexity index is 644. The molecule has 0 aromatic heterocycles. The zero-order valence-electron chi connectivity index (χ0n) is 12.2. The minimum Gasteiger partial charge on any atom is -0.504 e. The lowest BCUT2D eigenvalue weighted by atomic mass is 10.1. The molecule has 21 heavy (non-hydrogen) atoms. The molecule has 0 aliphatic heterocycles. The summed E-state index contributed by atoms with van der Waals surface area (Å²) in [7, 11) is 3.12. The highest BCUT2D eigenvalue weighted by atomic mass is 35.5. The van der Waals surface area contributed by atoms with Crippen LogP contribution in [0.5, 0.6) is 17.2 Å². The van der Waals surface area contributed by atoms with Gasteiger partial charge in [-0.3, -0.25) is 0 Å². The molecule has 0 radical (unpaired) electrons. The number of aryl methyl sites for hydroxylation is 1. The summed E-state index contributed by atoms with van der Waals surface area (Å²) >= 11 is 6.08. The van der Waals surface area contributed by atoms with Crippen LogP contribution in [-0.4, -0.2) is 19.3 Å². The van der Waals surface area contributed by atoms with Crippen LogP contribution in [0.15, 0.2) is 30.3 Å². The van der Waals surface area contributed by atoms with Gasteiger partial charge < -0.3 is 19.9 Å². The zero-order chi connectivity index (χ0) is 15.4. The van der Waals surface area contributed by atoms with E-state index in [9.17, 15) is 5.11 Å². The summed E-state index contributed by atoms with van der Waals surface area (Å²) in [5.74, 6) is 1.26. The van der Waals surface area contributed by atoms with Crippen LogP contribution >= 0.6 is 11.6 Å². The topological polar surface area (TPSA) is 50.7 Å². The second kappa shape index (κ2) is 6.59. The summed E-state index contributed by atoms with van der Waals surface area (Å²) in [4.78, 5) is 0. The Hall–Kier alpha value is -2.07. The van der Waals surface area contributed by atoms with Crippen molar-refractivity contribution in [3.8, 4) is 17.2 Å². The maximum Gasteiger partial charge on any atom is 0.160 e. The third kappa shape index (κ3) is 3.52. The number of anilines is 1. The molecule has 0 fully saturated rings. The molecule has 0 unspecified atom stereocenters. The molecule has 0 saturated carbocycles. The van der Waals surface area contributed by atoms with Gasteiger partial charge in [-0.15, -0.1) is 0 Å². The number of hydrogen-bond acceptors (Lipinski definition) is 4. The third-order valence-corrected chi connectivity index (χ3v) is 3.61. The van der Waals surface area contributed by atoms with Gasteiger partial charge >= 0.3 is 0 Å². The van der Waals surface area contributed by atoms with Gasteiger partial charge in [0.05, 0.1) is 19.9 Å². The van der Waals surface area contributed by atoms with E-state index >= 15 is 0 Å². The average molecular weight is 308 g/mol. The smallest absolute Gasteiger partial charge is 0.160 e. The van der Waals surface area contributed by atoms with Gasteiger partial charge in [0.15, 0.2) is 11.5 Å². The maximum absolute atomic E-state index is 9.77. The van der Waals surface area contributed by atoms with Crippen LogP contribution < -0.4 is 14.8 Å². The van der Waals surface area contributed by atoms with Crippen molar-refractivity contribution in [3.63, 3.8) is 0 Å². The Balaban J connectivity index is 2.16. The van der Waals surface area contributed by atoms with E-state index in [1.54, 1.807) is 25.3 Å². The Morgan fingerprint density at radius 1 is 1.10 bits per heavy atom. The van der Waals surface area contributed by atoms with E-state index in [-0.39, 0.29) is 5.75 Å². The molecule has 0 aliphatic carbocycles. The second-order valence-corrected chi connectivity index (χ2v) is 5.07. The molecule has 0 spiro atoms. The monoisotopic (exact) mass is 307 g/mol. The van der Waals surface area contributed by atoms with Gasteiger partial charge in [-0.25, -0.2) is 0 Å². The Kier molecular flexibility index (Phi) is 4.81. The number of rotatable bonds is 5. The standard InChI is InChI=1S/C16H18ClNO3/c1-10-6-13(16(21-3)8-12(10)17)18-9-11-4-5-15(20-2)14(19)7-11/h4-8,18-19H,9H2,1-3H3. The van der Waals surface area contributed by atoms with Crippen molar-refractivity contribution < 1.29 is 14.6 Å². The fourth-order valence-corrected chi connectivity index (χ4v) is 2.17. The van der Waals surface area contributed by atoms with Crippen LogP contribution in [0.3, 0.4) is 0 Å². The van der Waals surface area contributed by atoms with Crippen molar-refractivity contribution >= 4 is 17.3 Å². The highest BCUT2D eigenvalue weighted by Crippen LogP contribution is 2.32. The summed E-state index contributed by atoms with van der Waals surface area (Å²) in [5, 5.41) is 13.7. The molecule has 0 heterocycles. The number of phenolic OH excluding ortho intramolecular Hbond substituents is 1. The quantitative estimate of drug-likeness (QED) is 0.877. The van der Waals surface area contributed by atoms with E-state index in [0.717, 1.165) is 16.8 Å². The number of phenols is 1. The van der Waals surface area contributed by atoms with Crippen molar-refractivity contribution in [1.82, 2.24) is 0 Å². The van der Waals surface area contributed by atoms with Gasteiger partial charge in [0.25, 0.3) is 0 Å². The molecular weight excluding hydrogens is 290 g/mol. The Morgan fingerprint density at radius 2 is 1.81 bits per heavy atom. The van der Waals surface area contributed by atoms with E-state index < -0.39 is 0 Å². The molecular formula is C16H18ClNO3. The van der Waals surface area contributed by atoms with Gasteiger partial charge in [0, 0.05) is 17.6 Å². The number of aromatic hydroxyl groups is 1. The number of hydrogen-bond donors (Lipinski definition) is 2. The van der Waals surface area contributed by atoms with Crippen LogP contribution in [-0.2, 0) is 6.54 Å². The van der Waals surface area contributed by atoms with Gasteiger partial charge in [-0.05, 0) is 36.2 Å². The largest absolute Gasteiger partial charge is 0.504 e. The molecule has 0 bridgehead atoms. The Labute approximate surface area is 129 Å². The molecule has 0 amide bonds. The predicted molar refractivity (Wildman–Crippen MR) is 84.7 cm³/mol. The number of nitrogens with one attached hydrogen (secondary N) is 1. The van der Waals surface area contributed by atoms with Crippen LogP contribution in [0.2, 0.25) is 5.02 Å². The predicted octanol–water partition coefficient (Wildman–Crippen LogP) is 3.98. The normalized spacial score (nSPS) is 10.3. The lowest BCUT2D eigenvalue weighted by Crippen LogP contribution is -2.02. The van der Waals surface area contributed by atoms with Crippen molar-refractivity contribution in [2.75, 3.05) is 19.5 Å². The minimum absolute atomic E-state index is 0.121. The third-order valence-electron chi connectivity index (χ3n) is 3.21. The van der Waals surface area contributed by atoms with Gasteiger partial charge in [-0.2, -0.15) is 0 Å². The van der Waals surface area contributed by atoms with E-state index in [2.05, 4.69) is 5.32 Å². The zero-order valence-corrected chi connectivity index (χ0v) is 13.0. The summed E-state index contributed by atoms with van der Waals surface area (Å²) in [6.45, 7) is 2.49. The lowest BCUT2D eigenvalue weighted by Gasteiger charge is -2.13. The summed E-state index contributed by atoms with van der Waals surface area (Å²) in [6, 6.07) is 9.01. The fraction of sp³-hybridized carbons (Fsp3) is 0.250. The van der Waals surface area contributed by atoms with Crippen LogP contribution in [0.4, 0.5) is 5.69 Å². The molecule has 0 atom stereocenters. The number of ether oxygens (including phenoxy) is 2. The maximum atomic E-state index is 9.77. The van der Waals surface area contributed by atoms with E-state index in [0.29, 0.717) is 23.1 Å². The summed E-state index contributed by atoms with van der Waals surface area (Å²) in [6.07, 6.45) is 0. The molecule has 5 heteroatoms. The van der Waals surface area contributed by atoms with Crippen molar-refractivity contribution in [1.29, 1.82) is 0 Å². The van der Waals surface area contributed by atoms with E-state index in [1.165, 1.54) is 7.11 Å². The first-order valence-corrected chi connectivity index (χ1v) is 6.87. The lowest BCUT2D eigenvalue weighted by molar-refractivity contribution is 0.373. The van der Waals surface area contributed by atoms with Crippen molar-refractivity contribution in [3.05, 3.63) is 46.5 Å². The first kappa shape index (κ1) is 15.3. The Morgan fingerprint density at radius 3 is 2.43 bits per heavy atom. The van der Waals surface area contributed by atoms with Gasteiger partial charge in [0.1, 0.15) is 5.75 Å². The van der Waals surface area contributed by atoms with E-state index in [4.69, 9.17) is 21.1 Å². The first-order valence-electron chi connectivity index (χ1n) is 6.49. The summed E-state index contributed by atoms with van der Waals surface area (Å²) in [5.41, 5.74) is 2.76. The van der Waals surface area contributed by atoms with Gasteiger partial charge in [0.2, 0.25) is 0 Å². The van der Waals surface area contributed by atoms with Crippen LogP contribution in [0.1, 0.15) is 11.1 Å². The SMILES string of the molecule is COc1ccc(CNc2cc(C)c(Cl)cc2OC)cc1O. The molecule has 0 saturated heterocycles. The molecule has 0 aliphatic rings. The molecule has 2 aromatic rings. The minimum atomic E-state index is 0.121. The van der Waals surface area contributed by atoms with Crippen LogP contribution in [0.25, 0.3) is 0 Å². The van der Waals surface area contributed by atoms with Crippen LogP contribution in [0, 0.1) is 6.92 Å². The molecule has 4 nitrogen and oxygen atoms in total. The molecule has 112 valence electrons.